The van der Waals surface area contributed by atoms with Crippen LogP contribution in [0.25, 0.3) is 0 Å². The van der Waals surface area contributed by atoms with Crippen LogP contribution in [0.3, 0.4) is 0 Å². The van der Waals surface area contributed by atoms with Crippen molar-refractivity contribution in [3.05, 3.63) is 70.8 Å². The second-order valence-electron chi connectivity index (χ2n) is 4.94. The first-order chi connectivity index (χ1) is 10.2. The monoisotopic (exact) mass is 278 g/mol. The molecule has 0 aliphatic carbocycles. The molecule has 0 N–H and O–H groups in total. The number of carbonyl (C=O) groups excluding carboxylic acids is 1. The van der Waals surface area contributed by atoms with Gasteiger partial charge >= 0.3 is 0 Å². The van der Waals surface area contributed by atoms with Crippen molar-refractivity contribution in [2.24, 2.45) is 0 Å². The van der Waals surface area contributed by atoms with Crippen LogP contribution in [0.4, 0.5) is 0 Å². The second kappa shape index (κ2) is 6.71. The Kier molecular flexibility index (Phi) is 4.73. The minimum Gasteiger partial charge on any atom is -0.335 e. The van der Waals surface area contributed by atoms with Crippen molar-refractivity contribution in [2.75, 3.05) is 6.54 Å². The van der Waals surface area contributed by atoms with Gasteiger partial charge in [0, 0.05) is 18.7 Å². The SMILES string of the molecule is CCN(Cc1ccccc1C)C(=O)c1cccc(C#N)c1. The number of rotatable bonds is 4. The van der Waals surface area contributed by atoms with E-state index in [4.69, 9.17) is 5.26 Å². The molecule has 2 rings (SSSR count). The van der Waals surface area contributed by atoms with E-state index >= 15 is 0 Å². The number of carbonyl (C=O) groups is 1. The fraction of sp³-hybridized carbons (Fsp3) is 0.222. The molecule has 0 bridgehead atoms. The molecule has 0 saturated heterocycles. The van der Waals surface area contributed by atoms with E-state index in [0.29, 0.717) is 24.2 Å². The van der Waals surface area contributed by atoms with Gasteiger partial charge in [0.15, 0.2) is 0 Å². The summed E-state index contributed by atoms with van der Waals surface area (Å²) in [5.41, 5.74) is 3.39. The Balaban J connectivity index is 2.23. The second-order valence-corrected chi connectivity index (χ2v) is 4.94. The van der Waals surface area contributed by atoms with Gasteiger partial charge in [0.05, 0.1) is 11.6 Å². The molecule has 0 aliphatic rings. The summed E-state index contributed by atoms with van der Waals surface area (Å²) in [6.07, 6.45) is 0. The number of nitriles is 1. The summed E-state index contributed by atoms with van der Waals surface area (Å²) in [4.78, 5) is 14.4. The first kappa shape index (κ1) is 14.8. The third-order valence-corrected chi connectivity index (χ3v) is 3.53. The first-order valence-electron chi connectivity index (χ1n) is 6.99. The predicted molar refractivity (Wildman–Crippen MR) is 82.8 cm³/mol. The summed E-state index contributed by atoms with van der Waals surface area (Å²) in [7, 11) is 0. The lowest BCUT2D eigenvalue weighted by Crippen LogP contribution is -2.30. The van der Waals surface area contributed by atoms with Crippen molar-refractivity contribution in [1.29, 1.82) is 5.26 Å². The van der Waals surface area contributed by atoms with Gasteiger partial charge < -0.3 is 4.90 Å². The number of hydrogen-bond acceptors (Lipinski definition) is 2. The zero-order valence-electron chi connectivity index (χ0n) is 12.3. The van der Waals surface area contributed by atoms with E-state index in [0.717, 1.165) is 5.56 Å². The molecular weight excluding hydrogens is 260 g/mol. The number of amides is 1. The van der Waals surface area contributed by atoms with Crippen LogP contribution in [0.1, 0.15) is 34.0 Å². The molecule has 0 saturated carbocycles. The maximum absolute atomic E-state index is 12.6. The van der Waals surface area contributed by atoms with Gasteiger partial charge in [-0.3, -0.25) is 4.79 Å². The highest BCUT2D eigenvalue weighted by molar-refractivity contribution is 5.94. The van der Waals surface area contributed by atoms with Crippen LogP contribution in [-0.4, -0.2) is 17.4 Å². The number of nitrogens with zero attached hydrogens (tertiary/aromatic N) is 2. The molecule has 3 nitrogen and oxygen atoms in total. The van der Waals surface area contributed by atoms with Crippen molar-refractivity contribution in [3.8, 4) is 6.07 Å². The van der Waals surface area contributed by atoms with Crippen LogP contribution < -0.4 is 0 Å². The van der Waals surface area contributed by atoms with Gasteiger partial charge in [-0.2, -0.15) is 5.26 Å². The van der Waals surface area contributed by atoms with Crippen LogP contribution in [0.15, 0.2) is 48.5 Å². The van der Waals surface area contributed by atoms with E-state index in [1.807, 2.05) is 38.1 Å². The number of benzene rings is 2. The lowest BCUT2D eigenvalue weighted by atomic mass is 10.1. The number of hydrogen-bond donors (Lipinski definition) is 0. The predicted octanol–water partition coefficient (Wildman–Crippen LogP) is 3.53. The van der Waals surface area contributed by atoms with Gasteiger partial charge in [-0.25, -0.2) is 0 Å². The van der Waals surface area contributed by atoms with Crippen molar-refractivity contribution < 1.29 is 4.79 Å². The summed E-state index contributed by atoms with van der Waals surface area (Å²) in [6, 6.07) is 17.0. The summed E-state index contributed by atoms with van der Waals surface area (Å²) in [5.74, 6) is -0.0437. The molecule has 0 heterocycles. The average Bonchev–Trinajstić information content (AvgIpc) is 2.53. The fourth-order valence-corrected chi connectivity index (χ4v) is 2.22. The summed E-state index contributed by atoms with van der Waals surface area (Å²) in [6.45, 7) is 5.22. The maximum Gasteiger partial charge on any atom is 0.254 e. The van der Waals surface area contributed by atoms with Crippen LogP contribution in [0.2, 0.25) is 0 Å². The molecule has 0 radical (unpaired) electrons. The molecule has 1 amide bonds. The molecule has 0 aromatic heterocycles. The van der Waals surface area contributed by atoms with Crippen molar-refractivity contribution in [1.82, 2.24) is 4.90 Å². The molecule has 0 unspecified atom stereocenters. The molecule has 0 aliphatic heterocycles. The smallest absolute Gasteiger partial charge is 0.254 e. The Labute approximate surface area is 125 Å². The molecule has 21 heavy (non-hydrogen) atoms. The molecule has 0 spiro atoms. The highest BCUT2D eigenvalue weighted by Crippen LogP contribution is 2.14. The lowest BCUT2D eigenvalue weighted by Gasteiger charge is -2.22. The zero-order valence-corrected chi connectivity index (χ0v) is 12.3. The number of aryl methyl sites for hydroxylation is 1. The molecule has 2 aromatic rings. The first-order valence-corrected chi connectivity index (χ1v) is 6.99. The van der Waals surface area contributed by atoms with Crippen molar-refractivity contribution >= 4 is 5.91 Å². The van der Waals surface area contributed by atoms with Gasteiger partial charge in [-0.05, 0) is 43.2 Å². The highest BCUT2D eigenvalue weighted by atomic mass is 16.2. The summed E-state index contributed by atoms with van der Waals surface area (Å²) >= 11 is 0. The maximum atomic E-state index is 12.6. The van der Waals surface area contributed by atoms with E-state index in [1.54, 1.807) is 29.2 Å². The van der Waals surface area contributed by atoms with Gasteiger partial charge in [-0.15, -0.1) is 0 Å². The van der Waals surface area contributed by atoms with Crippen LogP contribution in [-0.2, 0) is 6.54 Å². The topological polar surface area (TPSA) is 44.1 Å². The highest BCUT2D eigenvalue weighted by Gasteiger charge is 2.15. The van der Waals surface area contributed by atoms with Crippen LogP contribution >= 0.6 is 0 Å². The fourth-order valence-electron chi connectivity index (χ4n) is 2.22. The lowest BCUT2D eigenvalue weighted by molar-refractivity contribution is 0.0752. The summed E-state index contributed by atoms with van der Waals surface area (Å²) < 4.78 is 0. The molecular formula is C18H18N2O. The zero-order chi connectivity index (χ0) is 15.2. The minimum absolute atomic E-state index is 0.0437. The van der Waals surface area contributed by atoms with Gasteiger partial charge in [0.25, 0.3) is 5.91 Å². The van der Waals surface area contributed by atoms with E-state index in [-0.39, 0.29) is 5.91 Å². The Hall–Kier alpha value is -2.60. The van der Waals surface area contributed by atoms with E-state index in [2.05, 4.69) is 6.07 Å². The Bertz CT molecular complexity index is 686. The summed E-state index contributed by atoms with van der Waals surface area (Å²) in [5, 5.41) is 8.94. The quantitative estimate of drug-likeness (QED) is 0.858. The van der Waals surface area contributed by atoms with Gasteiger partial charge in [0.2, 0.25) is 0 Å². The molecule has 106 valence electrons. The molecule has 0 atom stereocenters. The largest absolute Gasteiger partial charge is 0.335 e. The van der Waals surface area contributed by atoms with Crippen molar-refractivity contribution in [3.63, 3.8) is 0 Å². The Morgan fingerprint density at radius 1 is 1.19 bits per heavy atom. The van der Waals surface area contributed by atoms with Crippen LogP contribution in [0.5, 0.6) is 0 Å². The molecule has 0 fully saturated rings. The Morgan fingerprint density at radius 3 is 2.62 bits per heavy atom. The minimum atomic E-state index is -0.0437. The van der Waals surface area contributed by atoms with Gasteiger partial charge in [0.1, 0.15) is 0 Å². The standard InChI is InChI=1S/C18H18N2O/c1-3-20(13-17-9-5-4-7-14(17)2)18(21)16-10-6-8-15(11-16)12-19/h4-11H,3,13H2,1-2H3. The molecule has 2 aromatic carbocycles. The normalized spacial score (nSPS) is 9.95. The average molecular weight is 278 g/mol. The van der Waals surface area contributed by atoms with E-state index < -0.39 is 0 Å². The van der Waals surface area contributed by atoms with E-state index in [1.165, 1.54) is 5.56 Å². The van der Waals surface area contributed by atoms with Gasteiger partial charge in [-0.1, -0.05) is 30.3 Å². The van der Waals surface area contributed by atoms with E-state index in [9.17, 15) is 4.79 Å². The van der Waals surface area contributed by atoms with Crippen LogP contribution in [0, 0.1) is 18.3 Å². The third kappa shape index (κ3) is 3.49. The third-order valence-electron chi connectivity index (χ3n) is 3.53. The Morgan fingerprint density at radius 2 is 1.95 bits per heavy atom. The molecule has 3 heteroatoms. The van der Waals surface area contributed by atoms with Crippen molar-refractivity contribution in [2.45, 2.75) is 20.4 Å².